The summed E-state index contributed by atoms with van der Waals surface area (Å²) in [6.07, 6.45) is -0.456. The highest BCUT2D eigenvalue weighted by Gasteiger charge is 2.21. The van der Waals surface area contributed by atoms with Gasteiger partial charge in [-0.2, -0.15) is 5.10 Å². The van der Waals surface area contributed by atoms with E-state index in [2.05, 4.69) is 5.10 Å². The fraction of sp³-hybridized carbons (Fsp3) is 0.125. The van der Waals surface area contributed by atoms with Gasteiger partial charge in [0.15, 0.2) is 0 Å². The highest BCUT2D eigenvalue weighted by atomic mass is 35.5. The summed E-state index contributed by atoms with van der Waals surface area (Å²) in [7, 11) is 0. The van der Waals surface area contributed by atoms with E-state index in [4.69, 9.17) is 17.3 Å². The van der Waals surface area contributed by atoms with Gasteiger partial charge in [-0.15, -0.1) is 0 Å². The van der Waals surface area contributed by atoms with E-state index in [1.165, 1.54) is 18.2 Å². The molecule has 1 atom stereocenters. The summed E-state index contributed by atoms with van der Waals surface area (Å²) in [6, 6.07) is 18.1. The van der Waals surface area contributed by atoms with Crippen molar-refractivity contribution in [1.82, 2.24) is 14.3 Å². The predicted molar refractivity (Wildman–Crippen MR) is 122 cm³/mol. The van der Waals surface area contributed by atoms with Gasteiger partial charge in [0.25, 0.3) is 5.56 Å². The Labute approximate surface area is 192 Å². The highest BCUT2D eigenvalue weighted by Crippen LogP contribution is 2.19. The summed E-state index contributed by atoms with van der Waals surface area (Å²) >= 11 is 6.25. The first-order valence-corrected chi connectivity index (χ1v) is 10.5. The van der Waals surface area contributed by atoms with Gasteiger partial charge in [0.05, 0.1) is 17.3 Å². The third kappa shape index (κ3) is 4.62. The van der Waals surface area contributed by atoms with E-state index in [1.807, 2.05) is 18.2 Å². The van der Waals surface area contributed by atoms with Crippen molar-refractivity contribution in [2.75, 3.05) is 0 Å². The minimum atomic E-state index is -0.820. The molecule has 168 valence electrons. The zero-order chi connectivity index (χ0) is 23.5. The molecule has 3 aromatic carbocycles. The normalized spacial score (nSPS) is 12.0. The molecule has 0 bridgehead atoms. The van der Waals surface area contributed by atoms with Gasteiger partial charge in [0.2, 0.25) is 0 Å². The largest absolute Gasteiger partial charge is 0.352 e. The van der Waals surface area contributed by atoms with Crippen LogP contribution in [0.3, 0.4) is 0 Å². The summed E-state index contributed by atoms with van der Waals surface area (Å²) in [6.45, 7) is -0.0691. The van der Waals surface area contributed by atoms with Gasteiger partial charge in [-0.25, -0.2) is 22.8 Å². The number of rotatable bonds is 6. The van der Waals surface area contributed by atoms with Gasteiger partial charge in [0.1, 0.15) is 17.3 Å². The quantitative estimate of drug-likeness (QED) is 0.468. The molecule has 4 rings (SSSR count). The number of nitrogens with two attached hydrogens (primary N) is 1. The van der Waals surface area contributed by atoms with Crippen LogP contribution in [-0.2, 0) is 13.0 Å². The van der Waals surface area contributed by atoms with E-state index in [-0.39, 0.29) is 28.5 Å². The summed E-state index contributed by atoms with van der Waals surface area (Å²) < 4.78 is 30.4. The van der Waals surface area contributed by atoms with Crippen LogP contribution in [0.4, 0.5) is 8.78 Å². The number of halogens is 3. The molecule has 0 radical (unpaired) electrons. The zero-order valence-corrected chi connectivity index (χ0v) is 18.0. The van der Waals surface area contributed by atoms with Crippen molar-refractivity contribution in [3.63, 3.8) is 0 Å². The maximum atomic E-state index is 14.3. The molecule has 0 fully saturated rings. The minimum Gasteiger partial charge on any atom is -0.322 e. The second-order valence-electron chi connectivity index (χ2n) is 7.40. The van der Waals surface area contributed by atoms with Crippen molar-refractivity contribution in [3.8, 4) is 5.69 Å². The van der Waals surface area contributed by atoms with Crippen LogP contribution in [0, 0.1) is 11.6 Å². The number of benzene rings is 3. The molecule has 0 aliphatic heterocycles. The second-order valence-corrected chi connectivity index (χ2v) is 7.80. The number of hydrogen-bond acceptors (Lipinski definition) is 4. The summed E-state index contributed by atoms with van der Waals surface area (Å²) in [5.41, 5.74) is 5.02. The lowest BCUT2D eigenvalue weighted by atomic mass is 10.1. The van der Waals surface area contributed by atoms with Crippen LogP contribution < -0.4 is 17.0 Å². The lowest BCUT2D eigenvalue weighted by Gasteiger charge is -2.16. The Morgan fingerprint density at radius 2 is 1.55 bits per heavy atom. The van der Waals surface area contributed by atoms with E-state index in [0.717, 1.165) is 26.9 Å². The van der Waals surface area contributed by atoms with Crippen LogP contribution in [0.15, 0.2) is 82.4 Å². The smallest absolute Gasteiger partial charge is 0.322 e. The molecule has 0 aliphatic rings. The van der Waals surface area contributed by atoms with Gasteiger partial charge in [-0.3, -0.25) is 4.79 Å². The zero-order valence-electron chi connectivity index (χ0n) is 17.3. The van der Waals surface area contributed by atoms with E-state index >= 15 is 0 Å². The summed E-state index contributed by atoms with van der Waals surface area (Å²) in [4.78, 5) is 26.5. The molecule has 1 unspecified atom stereocenters. The number of aromatic nitrogens is 3. The number of nitrogens with zero attached hydrogens (tertiary/aromatic N) is 3. The summed E-state index contributed by atoms with van der Waals surface area (Å²) in [5, 5.41) is 4.30. The predicted octanol–water partition coefficient (Wildman–Crippen LogP) is 3.62. The van der Waals surface area contributed by atoms with Crippen LogP contribution in [0.5, 0.6) is 0 Å². The average molecular weight is 469 g/mol. The van der Waals surface area contributed by atoms with Crippen molar-refractivity contribution in [2.45, 2.75) is 19.0 Å². The van der Waals surface area contributed by atoms with Crippen molar-refractivity contribution in [3.05, 3.63) is 127 Å². The van der Waals surface area contributed by atoms with E-state index in [0.29, 0.717) is 0 Å². The maximum absolute atomic E-state index is 14.3. The fourth-order valence-corrected chi connectivity index (χ4v) is 3.72. The molecular weight excluding hydrogens is 450 g/mol. The van der Waals surface area contributed by atoms with Gasteiger partial charge >= 0.3 is 5.69 Å². The Bertz CT molecular complexity index is 1400. The third-order valence-corrected chi connectivity index (χ3v) is 5.52. The molecule has 33 heavy (non-hydrogen) atoms. The van der Waals surface area contributed by atoms with Crippen LogP contribution >= 0.6 is 11.6 Å². The van der Waals surface area contributed by atoms with Gasteiger partial charge < -0.3 is 5.73 Å². The van der Waals surface area contributed by atoms with Gasteiger partial charge in [-0.05, 0) is 29.8 Å². The Morgan fingerprint density at radius 3 is 2.21 bits per heavy atom. The topological polar surface area (TPSA) is 82.9 Å². The van der Waals surface area contributed by atoms with Crippen LogP contribution in [0.2, 0.25) is 5.02 Å². The third-order valence-electron chi connectivity index (χ3n) is 5.20. The molecule has 1 aromatic heterocycles. The van der Waals surface area contributed by atoms with Crippen LogP contribution in [0.25, 0.3) is 5.69 Å². The molecule has 1 heterocycles. The summed E-state index contributed by atoms with van der Waals surface area (Å²) in [5.74, 6) is -1.64. The molecule has 4 aromatic rings. The van der Waals surface area contributed by atoms with Crippen molar-refractivity contribution in [2.24, 2.45) is 5.73 Å². The van der Waals surface area contributed by atoms with Gasteiger partial charge in [0, 0.05) is 18.0 Å². The first kappa shape index (κ1) is 22.6. The standard InChI is InChI=1S/C24H19ClF2N4O2/c25-17-9-4-5-12-22(17)31-23(32)21(13-16-18(26)10-6-11-19(16)27)29-30(24(31)33)14-20(28)15-7-2-1-3-8-15/h1-12,20H,13-14,28H2. The minimum absolute atomic E-state index is 0.0691. The highest BCUT2D eigenvalue weighted by molar-refractivity contribution is 6.32. The average Bonchev–Trinajstić information content (AvgIpc) is 2.81. The Kier molecular flexibility index (Phi) is 6.48. The maximum Gasteiger partial charge on any atom is 0.352 e. The fourth-order valence-electron chi connectivity index (χ4n) is 3.50. The van der Waals surface area contributed by atoms with Crippen molar-refractivity contribution >= 4 is 11.6 Å². The van der Waals surface area contributed by atoms with E-state index in [1.54, 1.807) is 24.3 Å². The first-order valence-electron chi connectivity index (χ1n) is 10.1. The molecule has 0 amide bonds. The van der Waals surface area contributed by atoms with E-state index < -0.39 is 35.3 Å². The lowest BCUT2D eigenvalue weighted by Crippen LogP contribution is -2.44. The monoisotopic (exact) mass is 468 g/mol. The molecule has 9 heteroatoms. The molecule has 0 spiro atoms. The van der Waals surface area contributed by atoms with Crippen LogP contribution in [-0.4, -0.2) is 14.3 Å². The molecule has 2 N–H and O–H groups in total. The van der Waals surface area contributed by atoms with Gasteiger partial charge in [-0.1, -0.05) is 60.1 Å². The molecule has 0 saturated carbocycles. The lowest BCUT2D eigenvalue weighted by molar-refractivity contribution is 0.468. The Balaban J connectivity index is 1.89. The van der Waals surface area contributed by atoms with E-state index in [9.17, 15) is 18.4 Å². The molecule has 0 aliphatic carbocycles. The molecular formula is C24H19ClF2N4O2. The number of para-hydroxylation sites is 1. The van der Waals surface area contributed by atoms with Crippen LogP contribution in [0.1, 0.15) is 22.9 Å². The van der Waals surface area contributed by atoms with Crippen molar-refractivity contribution in [1.29, 1.82) is 0 Å². The SMILES string of the molecule is NC(Cn1nc(Cc2c(F)cccc2F)c(=O)n(-c2ccccc2Cl)c1=O)c1ccccc1. The second kappa shape index (κ2) is 9.48. The molecule has 0 saturated heterocycles. The first-order chi connectivity index (χ1) is 15.9. The number of hydrogen-bond donors (Lipinski definition) is 1. The molecule has 6 nitrogen and oxygen atoms in total. The van der Waals surface area contributed by atoms with Crippen molar-refractivity contribution < 1.29 is 8.78 Å². The Morgan fingerprint density at radius 1 is 0.909 bits per heavy atom. The Hall–Kier alpha value is -3.62.